The van der Waals surface area contributed by atoms with E-state index >= 15 is 0 Å². The molecule has 2 atom stereocenters. The van der Waals surface area contributed by atoms with Gasteiger partial charge in [-0.2, -0.15) is 0 Å². The van der Waals surface area contributed by atoms with Gasteiger partial charge in [-0.3, -0.25) is 0 Å². The van der Waals surface area contributed by atoms with Gasteiger partial charge in [0, 0.05) is 18.0 Å². The van der Waals surface area contributed by atoms with E-state index in [1.165, 1.54) is 18.4 Å². The second-order valence-electron chi connectivity index (χ2n) is 5.95. The van der Waals surface area contributed by atoms with Crippen molar-refractivity contribution < 1.29 is 0 Å². The minimum absolute atomic E-state index is 0.385. The second kappa shape index (κ2) is 4.81. The Morgan fingerprint density at radius 1 is 1.35 bits per heavy atom. The summed E-state index contributed by atoms with van der Waals surface area (Å²) >= 11 is 0. The molecule has 1 aromatic carbocycles. The lowest BCUT2D eigenvalue weighted by Crippen LogP contribution is -2.51. The SMILES string of the molecule is Cc1ccccc1C1(CNC(C)C)CCC1C. The van der Waals surface area contributed by atoms with Gasteiger partial charge in [-0.25, -0.2) is 0 Å². The molecule has 1 N–H and O–H groups in total. The lowest BCUT2D eigenvalue weighted by molar-refractivity contribution is 0.130. The lowest BCUT2D eigenvalue weighted by Gasteiger charge is -2.50. The normalized spacial score (nSPS) is 28.2. The van der Waals surface area contributed by atoms with Crippen molar-refractivity contribution in [2.45, 2.75) is 52.0 Å². The van der Waals surface area contributed by atoms with E-state index in [1.54, 1.807) is 5.56 Å². The maximum Gasteiger partial charge on any atom is 0.0106 e. The Bertz CT molecular complexity index is 383. The molecule has 1 saturated carbocycles. The van der Waals surface area contributed by atoms with Crippen LogP contribution in [-0.4, -0.2) is 12.6 Å². The average molecular weight is 231 g/mol. The van der Waals surface area contributed by atoms with Crippen molar-refractivity contribution in [2.24, 2.45) is 5.92 Å². The third kappa shape index (κ3) is 2.26. The number of hydrogen-bond donors (Lipinski definition) is 1. The Morgan fingerprint density at radius 2 is 2.06 bits per heavy atom. The van der Waals surface area contributed by atoms with Crippen LogP contribution in [0.5, 0.6) is 0 Å². The smallest absolute Gasteiger partial charge is 0.0106 e. The van der Waals surface area contributed by atoms with Crippen LogP contribution >= 0.6 is 0 Å². The van der Waals surface area contributed by atoms with Gasteiger partial charge < -0.3 is 5.32 Å². The first kappa shape index (κ1) is 12.6. The van der Waals surface area contributed by atoms with Gasteiger partial charge in [0.2, 0.25) is 0 Å². The van der Waals surface area contributed by atoms with Gasteiger partial charge >= 0.3 is 0 Å². The van der Waals surface area contributed by atoms with Crippen molar-refractivity contribution in [3.63, 3.8) is 0 Å². The fourth-order valence-corrected chi connectivity index (χ4v) is 3.06. The van der Waals surface area contributed by atoms with Crippen molar-refractivity contribution in [2.75, 3.05) is 6.54 Å². The van der Waals surface area contributed by atoms with Crippen LogP contribution in [0.3, 0.4) is 0 Å². The zero-order valence-electron chi connectivity index (χ0n) is 11.6. The first-order chi connectivity index (χ1) is 8.06. The molecule has 0 saturated heterocycles. The van der Waals surface area contributed by atoms with Crippen LogP contribution in [0.25, 0.3) is 0 Å². The van der Waals surface area contributed by atoms with Crippen LogP contribution in [-0.2, 0) is 5.41 Å². The minimum Gasteiger partial charge on any atom is -0.314 e. The number of aryl methyl sites for hydroxylation is 1. The van der Waals surface area contributed by atoms with Gasteiger partial charge in [-0.1, -0.05) is 45.0 Å². The molecule has 0 bridgehead atoms. The number of rotatable bonds is 4. The molecule has 94 valence electrons. The molecule has 1 aliphatic rings. The third-order valence-corrected chi connectivity index (χ3v) is 4.47. The molecule has 0 radical (unpaired) electrons. The summed E-state index contributed by atoms with van der Waals surface area (Å²) in [5.74, 6) is 0.801. The van der Waals surface area contributed by atoms with Gasteiger partial charge in [0.1, 0.15) is 0 Å². The van der Waals surface area contributed by atoms with Crippen molar-refractivity contribution in [3.8, 4) is 0 Å². The van der Waals surface area contributed by atoms with E-state index in [2.05, 4.69) is 57.3 Å². The van der Waals surface area contributed by atoms with Gasteiger partial charge in [0.05, 0.1) is 0 Å². The van der Waals surface area contributed by atoms with Crippen molar-refractivity contribution in [1.82, 2.24) is 5.32 Å². The topological polar surface area (TPSA) is 12.0 Å². The molecule has 1 nitrogen and oxygen atoms in total. The molecule has 0 aliphatic heterocycles. The highest BCUT2D eigenvalue weighted by atomic mass is 14.9. The van der Waals surface area contributed by atoms with Crippen LogP contribution < -0.4 is 5.32 Å². The molecule has 1 fully saturated rings. The van der Waals surface area contributed by atoms with E-state index in [1.807, 2.05) is 0 Å². The second-order valence-corrected chi connectivity index (χ2v) is 5.95. The predicted octanol–water partition coefficient (Wildman–Crippen LogP) is 3.66. The fourth-order valence-electron chi connectivity index (χ4n) is 3.06. The summed E-state index contributed by atoms with van der Waals surface area (Å²) in [7, 11) is 0. The molecule has 2 unspecified atom stereocenters. The largest absolute Gasteiger partial charge is 0.314 e. The van der Waals surface area contributed by atoms with E-state index in [9.17, 15) is 0 Å². The zero-order chi connectivity index (χ0) is 12.5. The Labute approximate surface area is 106 Å². The van der Waals surface area contributed by atoms with E-state index in [4.69, 9.17) is 0 Å². The first-order valence-corrected chi connectivity index (χ1v) is 6.86. The first-order valence-electron chi connectivity index (χ1n) is 6.86. The van der Waals surface area contributed by atoms with E-state index < -0.39 is 0 Å². The molecule has 0 aromatic heterocycles. The van der Waals surface area contributed by atoms with E-state index in [0.717, 1.165) is 12.5 Å². The van der Waals surface area contributed by atoms with Crippen molar-refractivity contribution >= 4 is 0 Å². The minimum atomic E-state index is 0.385. The highest BCUT2D eigenvalue weighted by Gasteiger charge is 2.45. The Hall–Kier alpha value is -0.820. The third-order valence-electron chi connectivity index (χ3n) is 4.47. The van der Waals surface area contributed by atoms with Crippen LogP contribution in [0.4, 0.5) is 0 Å². The lowest BCUT2D eigenvalue weighted by atomic mass is 9.56. The summed E-state index contributed by atoms with van der Waals surface area (Å²) in [5.41, 5.74) is 3.40. The number of hydrogen-bond acceptors (Lipinski definition) is 1. The van der Waals surface area contributed by atoms with Gasteiger partial charge in [-0.05, 0) is 36.8 Å². The van der Waals surface area contributed by atoms with Gasteiger partial charge in [0.15, 0.2) is 0 Å². The maximum atomic E-state index is 3.64. The molecule has 1 heteroatoms. The Morgan fingerprint density at radius 3 is 2.53 bits per heavy atom. The molecule has 1 aromatic rings. The van der Waals surface area contributed by atoms with Crippen LogP contribution in [0.2, 0.25) is 0 Å². The van der Waals surface area contributed by atoms with Crippen LogP contribution in [0.1, 0.15) is 44.7 Å². The molecular weight excluding hydrogens is 206 g/mol. The Kier molecular flexibility index (Phi) is 3.58. The molecule has 0 amide bonds. The highest BCUT2D eigenvalue weighted by molar-refractivity contribution is 5.36. The monoisotopic (exact) mass is 231 g/mol. The molecule has 0 spiro atoms. The van der Waals surface area contributed by atoms with Crippen LogP contribution in [0.15, 0.2) is 24.3 Å². The molecule has 17 heavy (non-hydrogen) atoms. The summed E-state index contributed by atoms with van der Waals surface area (Å²) < 4.78 is 0. The Balaban J connectivity index is 2.26. The zero-order valence-corrected chi connectivity index (χ0v) is 11.6. The van der Waals surface area contributed by atoms with Crippen LogP contribution in [0, 0.1) is 12.8 Å². The van der Waals surface area contributed by atoms with E-state index in [-0.39, 0.29) is 0 Å². The molecule has 0 heterocycles. The van der Waals surface area contributed by atoms with Gasteiger partial charge in [0.25, 0.3) is 0 Å². The van der Waals surface area contributed by atoms with E-state index in [0.29, 0.717) is 11.5 Å². The summed E-state index contributed by atoms with van der Waals surface area (Å²) in [6.45, 7) is 10.2. The molecule has 2 rings (SSSR count). The summed E-state index contributed by atoms with van der Waals surface area (Å²) in [6, 6.07) is 9.48. The average Bonchev–Trinajstić information content (AvgIpc) is 2.29. The maximum absolute atomic E-state index is 3.64. The van der Waals surface area contributed by atoms with Crippen molar-refractivity contribution in [3.05, 3.63) is 35.4 Å². The summed E-state index contributed by atoms with van der Waals surface area (Å²) in [4.78, 5) is 0. The number of benzene rings is 1. The predicted molar refractivity (Wildman–Crippen MR) is 74.4 cm³/mol. The number of nitrogens with one attached hydrogen (secondary N) is 1. The fraction of sp³-hybridized carbons (Fsp3) is 0.625. The van der Waals surface area contributed by atoms with Gasteiger partial charge in [-0.15, -0.1) is 0 Å². The molecular formula is C16H25N. The highest BCUT2D eigenvalue weighted by Crippen LogP contribution is 2.49. The van der Waals surface area contributed by atoms with Crippen molar-refractivity contribution in [1.29, 1.82) is 0 Å². The summed E-state index contributed by atoms with van der Waals surface area (Å²) in [6.07, 6.45) is 2.70. The standard InChI is InChI=1S/C16H25N/c1-12(2)17-11-16(10-9-14(16)4)15-8-6-5-7-13(15)3/h5-8,12,14,17H,9-11H2,1-4H3. The quantitative estimate of drug-likeness (QED) is 0.834. The molecule has 1 aliphatic carbocycles. The summed E-state index contributed by atoms with van der Waals surface area (Å²) in [5, 5.41) is 3.64.